The molecular formula is C50H30O. The van der Waals surface area contributed by atoms with Crippen LogP contribution in [0.4, 0.5) is 0 Å². The zero-order chi connectivity index (χ0) is 40.4. The Kier molecular flexibility index (Phi) is 4.57. The number of furan rings is 1. The molecule has 0 radical (unpaired) electrons. The van der Waals surface area contributed by atoms with Gasteiger partial charge in [-0.2, -0.15) is 0 Å². The van der Waals surface area contributed by atoms with Crippen LogP contribution in [-0.2, 0) is 0 Å². The molecule has 0 fully saturated rings. The molecule has 0 saturated heterocycles. The lowest BCUT2D eigenvalue weighted by Gasteiger charge is -2.18. The molecule has 1 heterocycles. The molecule has 1 heteroatoms. The van der Waals surface area contributed by atoms with E-state index in [0.717, 1.165) is 54.2 Å². The number of hydrogen-bond donors (Lipinski definition) is 0. The summed E-state index contributed by atoms with van der Waals surface area (Å²) < 4.78 is 79.9. The van der Waals surface area contributed by atoms with Gasteiger partial charge in [-0.15, -0.1) is 0 Å². The van der Waals surface area contributed by atoms with Gasteiger partial charge in [0.25, 0.3) is 0 Å². The van der Waals surface area contributed by atoms with Crippen molar-refractivity contribution in [3.63, 3.8) is 0 Å². The Labute approximate surface area is 305 Å². The molecule has 0 atom stereocenters. The monoisotopic (exact) mass is 654 g/mol. The van der Waals surface area contributed by atoms with E-state index < -0.39 is 24.2 Å². The second kappa shape index (κ2) is 10.9. The predicted molar refractivity (Wildman–Crippen MR) is 218 cm³/mol. The Hall–Kier alpha value is -6.70. The highest BCUT2D eigenvalue weighted by atomic mass is 16.3. The molecule has 1 nitrogen and oxygen atoms in total. The third kappa shape index (κ3) is 4.22. The van der Waals surface area contributed by atoms with Crippen molar-refractivity contribution in [1.82, 2.24) is 0 Å². The molecule has 0 bridgehead atoms. The maximum Gasteiger partial charge on any atom is 0.136 e. The van der Waals surface area contributed by atoms with Crippen LogP contribution in [0.25, 0.3) is 109 Å². The highest BCUT2D eigenvalue weighted by Gasteiger charge is 2.19. The summed E-state index contributed by atoms with van der Waals surface area (Å²) >= 11 is 0. The van der Waals surface area contributed by atoms with Gasteiger partial charge in [0, 0.05) is 10.8 Å². The Morgan fingerprint density at radius 1 is 0.353 bits per heavy atom. The molecule has 51 heavy (non-hydrogen) atoms. The minimum atomic E-state index is -0.438. The summed E-state index contributed by atoms with van der Waals surface area (Å²) in [4.78, 5) is 0. The van der Waals surface area contributed by atoms with E-state index in [2.05, 4.69) is 30.3 Å². The van der Waals surface area contributed by atoms with Crippen molar-refractivity contribution in [2.75, 3.05) is 0 Å². The fraction of sp³-hybridized carbons (Fsp3) is 0. The average molecular weight is 655 g/mol. The van der Waals surface area contributed by atoms with Gasteiger partial charge in [-0.3, -0.25) is 0 Å². The van der Waals surface area contributed by atoms with Crippen LogP contribution >= 0.6 is 0 Å². The number of rotatable bonds is 3. The minimum absolute atomic E-state index is 0.169. The largest absolute Gasteiger partial charge is 0.456 e. The highest BCUT2D eigenvalue weighted by molar-refractivity contribution is 6.24. The quantitative estimate of drug-likeness (QED) is 0.136. The first-order chi connectivity index (χ1) is 28.6. The van der Waals surface area contributed by atoms with E-state index in [9.17, 15) is 5.48 Å². The Morgan fingerprint density at radius 3 is 1.65 bits per heavy atom. The summed E-state index contributed by atoms with van der Waals surface area (Å²) in [5, 5.41) is 8.65. The van der Waals surface area contributed by atoms with Gasteiger partial charge in [-0.05, 0) is 118 Å². The van der Waals surface area contributed by atoms with Crippen LogP contribution in [0.15, 0.2) is 186 Å². The topological polar surface area (TPSA) is 13.1 Å². The summed E-state index contributed by atoms with van der Waals surface area (Å²) in [5.41, 5.74) is 4.80. The highest BCUT2D eigenvalue weighted by Crippen LogP contribution is 2.46. The van der Waals surface area contributed by atoms with Crippen LogP contribution in [0.3, 0.4) is 0 Å². The summed E-state index contributed by atoms with van der Waals surface area (Å²) in [6.45, 7) is 0. The van der Waals surface area contributed by atoms with Gasteiger partial charge in [-0.1, -0.05) is 151 Å². The van der Waals surface area contributed by atoms with Crippen molar-refractivity contribution in [1.29, 1.82) is 0 Å². The normalized spacial score (nSPS) is 14.1. The molecule has 1 aromatic heterocycles. The van der Waals surface area contributed by atoms with Crippen LogP contribution in [0.1, 0.15) is 11.0 Å². The first-order valence-electron chi connectivity index (χ1n) is 20.9. The van der Waals surface area contributed by atoms with E-state index in [0.29, 0.717) is 33.4 Å². The predicted octanol–water partition coefficient (Wildman–Crippen LogP) is 14.4. The van der Waals surface area contributed by atoms with Crippen molar-refractivity contribution in [3.05, 3.63) is 182 Å². The fourth-order valence-electron chi connectivity index (χ4n) is 8.04. The van der Waals surface area contributed by atoms with Gasteiger partial charge in [0.15, 0.2) is 0 Å². The summed E-state index contributed by atoms with van der Waals surface area (Å²) in [6, 6.07) is 40.8. The van der Waals surface area contributed by atoms with E-state index in [1.807, 2.05) is 97.1 Å². The first-order valence-corrected chi connectivity index (χ1v) is 16.9. The van der Waals surface area contributed by atoms with Crippen molar-refractivity contribution in [2.45, 2.75) is 0 Å². The van der Waals surface area contributed by atoms with E-state index in [-0.39, 0.29) is 45.7 Å². The van der Waals surface area contributed by atoms with Crippen molar-refractivity contribution in [3.8, 4) is 33.4 Å². The molecular weight excluding hydrogens is 617 g/mol. The zero-order valence-corrected chi connectivity index (χ0v) is 27.1. The third-order valence-electron chi connectivity index (χ3n) is 10.3. The Morgan fingerprint density at radius 2 is 0.922 bits per heavy atom. The fourth-order valence-corrected chi connectivity index (χ4v) is 8.04. The number of benzene rings is 10. The molecule has 10 aromatic carbocycles. The maximum atomic E-state index is 9.49. The minimum Gasteiger partial charge on any atom is -0.456 e. The summed E-state index contributed by atoms with van der Waals surface area (Å²) in [5.74, 6) is 0. The summed E-state index contributed by atoms with van der Waals surface area (Å²) in [6.07, 6.45) is 0. The van der Waals surface area contributed by atoms with Gasteiger partial charge < -0.3 is 4.42 Å². The molecule has 0 aliphatic heterocycles. The maximum absolute atomic E-state index is 9.49. The third-order valence-corrected chi connectivity index (χ3v) is 10.3. The van der Waals surface area contributed by atoms with Crippen LogP contribution < -0.4 is 0 Å². The van der Waals surface area contributed by atoms with E-state index in [1.54, 1.807) is 6.07 Å². The molecule has 0 unspecified atom stereocenters. The number of hydrogen-bond acceptors (Lipinski definition) is 1. The Bertz CT molecular complexity index is 3580. The summed E-state index contributed by atoms with van der Waals surface area (Å²) in [7, 11) is 0. The first kappa shape index (κ1) is 21.4. The SMILES string of the molecule is [2H]c1c([2H])c([2H])c2c(-c3ccc4oc5ccc6ccccc6c5c4c3)c3c([2H])c([2H])c([2H])c([2H])c3c(-c3cccc(-c4cc5ccccc5c5ccccc45)c3)c2c1[2H]. The lowest BCUT2D eigenvalue weighted by molar-refractivity contribution is 0.669. The molecule has 236 valence electrons. The van der Waals surface area contributed by atoms with Gasteiger partial charge in [-0.25, -0.2) is 0 Å². The van der Waals surface area contributed by atoms with Crippen LogP contribution in [0.5, 0.6) is 0 Å². The smallest absolute Gasteiger partial charge is 0.136 e. The average Bonchev–Trinajstić information content (AvgIpc) is 3.66. The van der Waals surface area contributed by atoms with Crippen molar-refractivity contribution in [2.24, 2.45) is 0 Å². The van der Waals surface area contributed by atoms with Gasteiger partial charge in [0.05, 0.1) is 11.0 Å². The van der Waals surface area contributed by atoms with Crippen molar-refractivity contribution >= 4 is 75.8 Å². The van der Waals surface area contributed by atoms with Crippen LogP contribution in [0.2, 0.25) is 0 Å². The van der Waals surface area contributed by atoms with Crippen LogP contribution in [-0.4, -0.2) is 0 Å². The molecule has 0 aliphatic carbocycles. The van der Waals surface area contributed by atoms with Gasteiger partial charge in [0.2, 0.25) is 0 Å². The zero-order valence-electron chi connectivity index (χ0n) is 35.1. The molecule has 0 saturated carbocycles. The number of fused-ring (bicyclic) bond motifs is 10. The van der Waals surface area contributed by atoms with E-state index in [4.69, 9.17) is 9.90 Å². The standard InChI is InChI=1S/C50H30O/c1-4-17-37-31(12-1)24-27-47-50(37)45-30-35(25-26-46(45)51-47)49-42-22-9-7-20-40(42)48(41-21-8-10-23-43(41)49)34-15-11-14-32(28-34)44-29-33-13-2-3-16-36(33)38-18-5-6-19-39(38)44/h1-30H/i7D,8D,9D,10D,20D,21D,22D,23D. The molecule has 0 amide bonds. The lowest BCUT2D eigenvalue weighted by Crippen LogP contribution is -1.91. The van der Waals surface area contributed by atoms with Gasteiger partial charge >= 0.3 is 0 Å². The molecule has 11 aromatic rings. The lowest BCUT2D eigenvalue weighted by atomic mass is 9.85. The van der Waals surface area contributed by atoms with Gasteiger partial charge in [0.1, 0.15) is 11.2 Å². The van der Waals surface area contributed by atoms with E-state index in [1.165, 1.54) is 0 Å². The molecule has 11 rings (SSSR count). The molecule has 0 N–H and O–H groups in total. The molecule has 0 spiro atoms. The van der Waals surface area contributed by atoms with Crippen molar-refractivity contribution < 1.29 is 15.4 Å². The Balaban J connectivity index is 1.30. The van der Waals surface area contributed by atoms with E-state index >= 15 is 0 Å². The second-order valence-electron chi connectivity index (χ2n) is 13.0. The van der Waals surface area contributed by atoms with Crippen LogP contribution in [0, 0.1) is 0 Å². The second-order valence-corrected chi connectivity index (χ2v) is 13.0. The molecule has 0 aliphatic rings.